The molecular weight excluding hydrogens is 351 g/mol. The number of nitrogens with zero attached hydrogens (tertiary/aromatic N) is 1. The average Bonchev–Trinajstić information content (AvgIpc) is 3.12. The summed E-state index contributed by atoms with van der Waals surface area (Å²) < 4.78 is 36.5. The number of hydrogen-bond acceptors (Lipinski definition) is 3. The minimum absolute atomic E-state index is 0.101. The molecule has 0 bridgehead atoms. The van der Waals surface area contributed by atoms with Crippen molar-refractivity contribution in [3.63, 3.8) is 0 Å². The Kier molecular flexibility index (Phi) is 4.17. The molecule has 0 atom stereocenters. The van der Waals surface area contributed by atoms with Crippen molar-refractivity contribution in [3.8, 4) is 0 Å². The predicted octanol–water partition coefficient (Wildman–Crippen LogP) is 1.86. The highest BCUT2D eigenvalue weighted by atomic mass is 79.9. The van der Waals surface area contributed by atoms with Crippen molar-refractivity contribution in [3.05, 3.63) is 28.0 Å². The number of amides is 1. The van der Waals surface area contributed by atoms with Gasteiger partial charge in [-0.1, -0.05) is 0 Å². The van der Waals surface area contributed by atoms with Crippen LogP contribution >= 0.6 is 15.9 Å². The van der Waals surface area contributed by atoms with Crippen molar-refractivity contribution in [1.82, 2.24) is 4.90 Å². The summed E-state index contributed by atoms with van der Waals surface area (Å²) in [5, 5.41) is 4.95. The van der Waals surface area contributed by atoms with Crippen molar-refractivity contribution in [2.24, 2.45) is 5.14 Å². The van der Waals surface area contributed by atoms with Crippen LogP contribution in [0.15, 0.2) is 21.5 Å². The fourth-order valence-corrected chi connectivity index (χ4v) is 3.12. The largest absolute Gasteiger partial charge is 0.336 e. The van der Waals surface area contributed by atoms with E-state index in [0.29, 0.717) is 6.54 Å². The fourth-order valence-electron chi connectivity index (χ4n) is 2.02. The lowest BCUT2D eigenvalue weighted by atomic mass is 10.2. The van der Waals surface area contributed by atoms with E-state index in [0.717, 1.165) is 25.0 Å². The quantitative estimate of drug-likeness (QED) is 0.885. The van der Waals surface area contributed by atoms with Gasteiger partial charge in [0.05, 0.1) is 5.56 Å². The van der Waals surface area contributed by atoms with Crippen LogP contribution in [-0.4, -0.2) is 31.8 Å². The van der Waals surface area contributed by atoms with Gasteiger partial charge in [-0.25, -0.2) is 17.9 Å². The van der Waals surface area contributed by atoms with E-state index in [1.807, 2.05) is 6.92 Å². The first-order valence-electron chi connectivity index (χ1n) is 6.08. The summed E-state index contributed by atoms with van der Waals surface area (Å²) in [6, 6.07) is 2.12. The SMILES string of the molecule is CCN(C(=O)c1cc(S(N)(=O)=O)c(F)cc1Br)C1CC1. The van der Waals surface area contributed by atoms with Gasteiger partial charge in [0.15, 0.2) is 0 Å². The van der Waals surface area contributed by atoms with E-state index in [9.17, 15) is 17.6 Å². The van der Waals surface area contributed by atoms with Crippen molar-refractivity contribution >= 4 is 31.9 Å². The Balaban J connectivity index is 2.48. The van der Waals surface area contributed by atoms with Crippen LogP contribution in [0.4, 0.5) is 4.39 Å². The van der Waals surface area contributed by atoms with Gasteiger partial charge in [0.25, 0.3) is 5.91 Å². The molecule has 0 radical (unpaired) electrons. The third-order valence-electron chi connectivity index (χ3n) is 3.15. The number of carbonyl (C=O) groups is 1. The van der Waals surface area contributed by atoms with E-state index in [4.69, 9.17) is 5.14 Å². The summed E-state index contributed by atoms with van der Waals surface area (Å²) in [6.45, 7) is 2.35. The Morgan fingerprint density at radius 3 is 2.55 bits per heavy atom. The number of sulfonamides is 1. The molecule has 0 unspecified atom stereocenters. The second-order valence-electron chi connectivity index (χ2n) is 4.63. The predicted molar refractivity (Wildman–Crippen MR) is 75.2 cm³/mol. The van der Waals surface area contributed by atoms with Crippen LogP contribution in [0.2, 0.25) is 0 Å². The van der Waals surface area contributed by atoms with Crippen molar-refractivity contribution < 1.29 is 17.6 Å². The number of carbonyl (C=O) groups excluding carboxylic acids is 1. The molecule has 1 aliphatic rings. The lowest BCUT2D eigenvalue weighted by Gasteiger charge is -2.21. The van der Waals surface area contributed by atoms with E-state index in [-0.39, 0.29) is 22.0 Å². The molecule has 1 aromatic carbocycles. The molecule has 2 N–H and O–H groups in total. The maximum atomic E-state index is 13.6. The Morgan fingerprint density at radius 1 is 1.50 bits per heavy atom. The zero-order chi connectivity index (χ0) is 15.1. The van der Waals surface area contributed by atoms with Gasteiger partial charge in [-0.2, -0.15) is 0 Å². The molecule has 2 rings (SSSR count). The first-order valence-corrected chi connectivity index (χ1v) is 8.42. The maximum Gasteiger partial charge on any atom is 0.255 e. The smallest absolute Gasteiger partial charge is 0.255 e. The fraction of sp³-hybridized carbons (Fsp3) is 0.417. The molecular formula is C12H14BrFN2O3S. The van der Waals surface area contributed by atoms with Gasteiger partial charge >= 0.3 is 0 Å². The molecule has 0 saturated heterocycles. The lowest BCUT2D eigenvalue weighted by molar-refractivity contribution is 0.0751. The lowest BCUT2D eigenvalue weighted by Crippen LogP contribution is -2.33. The monoisotopic (exact) mass is 364 g/mol. The normalized spacial score (nSPS) is 15.2. The number of primary sulfonamides is 1. The molecule has 1 amide bonds. The van der Waals surface area contributed by atoms with Crippen LogP contribution in [0, 0.1) is 5.82 Å². The third-order valence-corrected chi connectivity index (χ3v) is 4.73. The van der Waals surface area contributed by atoms with Gasteiger partial charge in [-0.3, -0.25) is 4.79 Å². The molecule has 20 heavy (non-hydrogen) atoms. The average molecular weight is 365 g/mol. The van der Waals surface area contributed by atoms with Gasteiger partial charge in [0, 0.05) is 17.1 Å². The number of rotatable bonds is 4. The van der Waals surface area contributed by atoms with E-state index in [1.165, 1.54) is 0 Å². The Hall–Kier alpha value is -0.990. The molecule has 0 aromatic heterocycles. The van der Waals surface area contributed by atoms with Crippen LogP contribution < -0.4 is 5.14 Å². The number of hydrogen-bond donors (Lipinski definition) is 1. The summed E-state index contributed by atoms with van der Waals surface area (Å²) >= 11 is 3.09. The van der Waals surface area contributed by atoms with Gasteiger partial charge < -0.3 is 4.90 Å². The molecule has 110 valence electrons. The van der Waals surface area contributed by atoms with Gasteiger partial charge in [-0.15, -0.1) is 0 Å². The molecule has 0 heterocycles. The summed E-state index contributed by atoms with van der Waals surface area (Å²) in [6.07, 6.45) is 1.86. The van der Waals surface area contributed by atoms with Gasteiger partial charge in [0.1, 0.15) is 10.7 Å². The summed E-state index contributed by atoms with van der Waals surface area (Å²) in [7, 11) is -4.21. The van der Waals surface area contributed by atoms with Crippen molar-refractivity contribution in [2.75, 3.05) is 6.54 Å². The molecule has 8 heteroatoms. The second-order valence-corrected chi connectivity index (χ2v) is 7.01. The molecule has 1 aliphatic carbocycles. The molecule has 5 nitrogen and oxygen atoms in total. The zero-order valence-corrected chi connectivity index (χ0v) is 13.2. The Labute approximate surface area is 125 Å². The highest BCUT2D eigenvalue weighted by molar-refractivity contribution is 9.10. The first kappa shape index (κ1) is 15.4. The highest BCUT2D eigenvalue weighted by Crippen LogP contribution is 2.31. The van der Waals surface area contributed by atoms with E-state index in [1.54, 1.807) is 4.90 Å². The number of nitrogens with two attached hydrogens (primary N) is 1. The Bertz CT molecular complexity index is 659. The van der Waals surface area contributed by atoms with Gasteiger partial charge in [-0.05, 0) is 47.8 Å². The first-order chi connectivity index (χ1) is 9.25. The van der Waals surface area contributed by atoms with Crippen LogP contribution in [0.1, 0.15) is 30.1 Å². The van der Waals surface area contributed by atoms with Crippen LogP contribution in [0.25, 0.3) is 0 Å². The second kappa shape index (κ2) is 5.42. The minimum atomic E-state index is -4.21. The summed E-state index contributed by atoms with van der Waals surface area (Å²) in [5.74, 6) is -1.31. The molecule has 0 aliphatic heterocycles. The van der Waals surface area contributed by atoms with Crippen molar-refractivity contribution in [1.29, 1.82) is 0 Å². The molecule has 1 saturated carbocycles. The van der Waals surface area contributed by atoms with Crippen LogP contribution in [-0.2, 0) is 10.0 Å². The van der Waals surface area contributed by atoms with E-state index >= 15 is 0 Å². The standard InChI is InChI=1S/C12H14BrFN2O3S/c1-2-16(7-3-4-7)12(17)8-5-11(20(15,18)19)10(14)6-9(8)13/h5-7H,2-4H2,1H3,(H2,15,18,19). The van der Waals surface area contributed by atoms with Crippen molar-refractivity contribution in [2.45, 2.75) is 30.7 Å². The minimum Gasteiger partial charge on any atom is -0.336 e. The van der Waals surface area contributed by atoms with Crippen LogP contribution in [0.3, 0.4) is 0 Å². The van der Waals surface area contributed by atoms with Gasteiger partial charge in [0.2, 0.25) is 10.0 Å². The molecule has 1 aromatic rings. The highest BCUT2D eigenvalue weighted by Gasteiger charge is 2.33. The third kappa shape index (κ3) is 3.02. The zero-order valence-electron chi connectivity index (χ0n) is 10.8. The van der Waals surface area contributed by atoms with Crippen LogP contribution in [0.5, 0.6) is 0 Å². The number of benzene rings is 1. The summed E-state index contributed by atoms with van der Waals surface area (Å²) in [5.41, 5.74) is 0.101. The maximum absolute atomic E-state index is 13.6. The topological polar surface area (TPSA) is 80.5 Å². The molecule has 1 fully saturated rings. The van der Waals surface area contributed by atoms with E-state index < -0.39 is 20.7 Å². The number of halogens is 2. The molecule has 0 spiro atoms. The Morgan fingerprint density at radius 2 is 2.10 bits per heavy atom. The summed E-state index contributed by atoms with van der Waals surface area (Å²) in [4.78, 5) is 13.4. The van der Waals surface area contributed by atoms with E-state index in [2.05, 4.69) is 15.9 Å².